The zero-order chi connectivity index (χ0) is 21.3. The lowest BCUT2D eigenvalue weighted by Crippen LogP contribution is -2.34. The highest BCUT2D eigenvalue weighted by Gasteiger charge is 2.36. The van der Waals surface area contributed by atoms with E-state index in [1.165, 1.54) is 0 Å². The number of hydrogen-bond acceptors (Lipinski definition) is 3. The maximum absolute atomic E-state index is 13.1. The van der Waals surface area contributed by atoms with Crippen molar-refractivity contribution in [1.82, 2.24) is 4.58 Å². The third-order valence-electron chi connectivity index (χ3n) is 5.69. The molecule has 0 aliphatic carbocycles. The molecule has 4 nitrogen and oxygen atoms in total. The Balaban J connectivity index is 1.82. The first kappa shape index (κ1) is 20.0. The van der Waals surface area contributed by atoms with Gasteiger partial charge in [-0.15, -0.1) is 4.58 Å². The molecule has 3 aromatic rings. The Morgan fingerprint density at radius 3 is 2.37 bits per heavy atom. The van der Waals surface area contributed by atoms with Gasteiger partial charge in [-0.25, -0.2) is 4.79 Å². The molecule has 3 aromatic carbocycles. The van der Waals surface area contributed by atoms with E-state index in [4.69, 9.17) is 9.47 Å². The first-order chi connectivity index (χ1) is 14.4. The summed E-state index contributed by atoms with van der Waals surface area (Å²) in [4.78, 5) is 13.1. The summed E-state index contributed by atoms with van der Waals surface area (Å²) in [5.74, 6) is 0.727. The highest BCUT2D eigenvalue weighted by Crippen LogP contribution is 2.35. The number of carbonyl (C=O) groups excluding carboxylic acids is 1. The van der Waals surface area contributed by atoms with E-state index in [1.54, 1.807) is 11.7 Å². The number of methoxy groups -OCH3 is 1. The van der Waals surface area contributed by atoms with Crippen LogP contribution in [0.4, 0.5) is 5.69 Å². The Morgan fingerprint density at radius 1 is 0.933 bits per heavy atom. The Hall–Kier alpha value is -3.24. The van der Waals surface area contributed by atoms with Crippen molar-refractivity contribution in [3.8, 4) is 5.75 Å². The molecule has 1 aliphatic heterocycles. The average molecular weight is 400 g/mol. The van der Waals surface area contributed by atoms with Crippen LogP contribution in [0.25, 0.3) is 5.57 Å². The van der Waals surface area contributed by atoms with Crippen LogP contribution in [0.2, 0.25) is 0 Å². The normalized spacial score (nSPS) is 13.5. The SMILES string of the molecule is COC(C)(C)c1cc(OCc2ccccc2)ccc1[N+]1=c2ccccc2=C(C)C1=O. The molecular weight excluding hydrogens is 374 g/mol. The van der Waals surface area contributed by atoms with Crippen LogP contribution in [0.3, 0.4) is 0 Å². The van der Waals surface area contributed by atoms with Gasteiger partial charge in [0.25, 0.3) is 0 Å². The molecule has 1 amide bonds. The zero-order valence-electron chi connectivity index (χ0n) is 17.8. The summed E-state index contributed by atoms with van der Waals surface area (Å²) in [5.41, 5.74) is 2.95. The second kappa shape index (κ2) is 7.88. The number of para-hydroxylation sites is 1. The summed E-state index contributed by atoms with van der Waals surface area (Å²) >= 11 is 0. The van der Waals surface area contributed by atoms with Gasteiger partial charge in [0.2, 0.25) is 11.0 Å². The summed E-state index contributed by atoms with van der Waals surface area (Å²) in [6.45, 7) is 6.34. The number of benzene rings is 3. The quantitative estimate of drug-likeness (QED) is 0.593. The minimum atomic E-state index is -0.604. The molecule has 0 atom stereocenters. The van der Waals surface area contributed by atoms with Gasteiger partial charge in [-0.3, -0.25) is 0 Å². The van der Waals surface area contributed by atoms with Crippen molar-refractivity contribution in [3.05, 3.63) is 94.5 Å². The molecule has 0 saturated heterocycles. The first-order valence-electron chi connectivity index (χ1n) is 10.1. The van der Waals surface area contributed by atoms with E-state index in [9.17, 15) is 4.79 Å². The molecule has 0 spiro atoms. The molecule has 0 aromatic heterocycles. The number of hydrogen-bond donors (Lipinski definition) is 0. The summed E-state index contributed by atoms with van der Waals surface area (Å²) < 4.78 is 13.6. The monoisotopic (exact) mass is 400 g/mol. The van der Waals surface area contributed by atoms with Crippen LogP contribution in [-0.4, -0.2) is 13.0 Å². The topological polar surface area (TPSA) is 38.5 Å². The van der Waals surface area contributed by atoms with Crippen molar-refractivity contribution in [2.24, 2.45) is 0 Å². The van der Waals surface area contributed by atoms with Gasteiger partial charge in [-0.2, -0.15) is 0 Å². The summed E-state index contributed by atoms with van der Waals surface area (Å²) in [6.07, 6.45) is 0. The number of ether oxygens (including phenoxy) is 2. The molecule has 0 fully saturated rings. The van der Waals surface area contributed by atoms with Crippen LogP contribution in [0.1, 0.15) is 31.9 Å². The van der Waals surface area contributed by atoms with E-state index >= 15 is 0 Å². The molecular formula is C26H26NO3+. The number of carbonyl (C=O) groups is 1. The molecule has 30 heavy (non-hydrogen) atoms. The Labute approximate surface area is 176 Å². The first-order valence-corrected chi connectivity index (χ1v) is 10.1. The molecule has 0 bridgehead atoms. The second-order valence-corrected chi connectivity index (χ2v) is 7.95. The van der Waals surface area contributed by atoms with Crippen molar-refractivity contribution in [2.75, 3.05) is 7.11 Å². The average Bonchev–Trinajstić information content (AvgIpc) is 3.03. The smallest absolute Gasteiger partial charge is 0.422 e. The van der Waals surface area contributed by atoms with Crippen molar-refractivity contribution < 1.29 is 14.3 Å². The van der Waals surface area contributed by atoms with Crippen molar-refractivity contribution in [2.45, 2.75) is 33.0 Å². The van der Waals surface area contributed by atoms with Gasteiger partial charge in [0.05, 0.1) is 22.0 Å². The Kier molecular flexibility index (Phi) is 5.27. The second-order valence-electron chi connectivity index (χ2n) is 7.95. The van der Waals surface area contributed by atoms with Crippen molar-refractivity contribution in [3.63, 3.8) is 0 Å². The number of rotatable bonds is 6. The van der Waals surface area contributed by atoms with Gasteiger partial charge in [0.15, 0.2) is 0 Å². The van der Waals surface area contributed by atoms with Gasteiger partial charge in [0.1, 0.15) is 12.4 Å². The Morgan fingerprint density at radius 2 is 1.63 bits per heavy atom. The summed E-state index contributed by atoms with van der Waals surface area (Å²) in [5, 5.41) is 1.86. The standard InChI is InChI=1S/C26H26NO3/c1-18-21-12-8-9-13-23(21)27(25(18)28)24-15-14-20(16-22(24)26(2,3)29-4)30-17-19-10-6-5-7-11-19/h5-16H,17H2,1-4H3/q+1. The lowest BCUT2D eigenvalue weighted by atomic mass is 9.95. The van der Waals surface area contributed by atoms with E-state index in [0.29, 0.717) is 6.61 Å². The van der Waals surface area contributed by atoms with Gasteiger partial charge >= 0.3 is 5.91 Å². The van der Waals surface area contributed by atoms with Crippen LogP contribution >= 0.6 is 0 Å². The lowest BCUT2D eigenvalue weighted by molar-refractivity contribution is -0.116. The fourth-order valence-electron chi connectivity index (χ4n) is 3.75. The fourth-order valence-corrected chi connectivity index (χ4v) is 3.75. The van der Waals surface area contributed by atoms with Gasteiger partial charge in [0, 0.05) is 19.2 Å². The van der Waals surface area contributed by atoms with Crippen molar-refractivity contribution >= 4 is 17.2 Å². The van der Waals surface area contributed by atoms with Crippen LogP contribution in [0, 0.1) is 0 Å². The molecule has 152 valence electrons. The van der Waals surface area contributed by atoms with Crippen LogP contribution in [-0.2, 0) is 21.7 Å². The predicted molar refractivity (Wildman–Crippen MR) is 118 cm³/mol. The minimum absolute atomic E-state index is 0.0118. The predicted octanol–water partition coefficient (Wildman–Crippen LogP) is 3.68. The van der Waals surface area contributed by atoms with E-state index in [1.807, 2.05) is 93.6 Å². The van der Waals surface area contributed by atoms with E-state index in [2.05, 4.69) is 0 Å². The van der Waals surface area contributed by atoms with E-state index in [-0.39, 0.29) is 5.91 Å². The third kappa shape index (κ3) is 3.55. The van der Waals surface area contributed by atoms with E-state index < -0.39 is 5.60 Å². The molecule has 0 N–H and O–H groups in total. The molecule has 4 rings (SSSR count). The molecule has 1 heterocycles. The van der Waals surface area contributed by atoms with Gasteiger partial charge in [-0.1, -0.05) is 42.5 Å². The molecule has 1 aliphatic rings. The summed E-state index contributed by atoms with van der Waals surface area (Å²) in [6, 6.07) is 23.8. The zero-order valence-corrected chi connectivity index (χ0v) is 17.8. The molecule has 4 heteroatoms. The number of amides is 1. The Bertz CT molecular complexity index is 1230. The maximum atomic E-state index is 13.1. The lowest BCUT2D eigenvalue weighted by Gasteiger charge is -2.24. The maximum Gasteiger partial charge on any atom is 0.422 e. The van der Waals surface area contributed by atoms with E-state index in [0.717, 1.165) is 38.7 Å². The molecule has 0 saturated carbocycles. The fraction of sp³-hybridized carbons (Fsp3) is 0.231. The third-order valence-corrected chi connectivity index (χ3v) is 5.69. The number of nitrogens with zero attached hydrogens (tertiary/aromatic N) is 1. The van der Waals surface area contributed by atoms with Gasteiger partial charge < -0.3 is 9.47 Å². The van der Waals surface area contributed by atoms with Crippen LogP contribution in [0.15, 0.2) is 72.8 Å². The van der Waals surface area contributed by atoms with Crippen LogP contribution < -0.4 is 19.9 Å². The summed E-state index contributed by atoms with van der Waals surface area (Å²) in [7, 11) is 1.68. The van der Waals surface area contributed by atoms with Crippen LogP contribution in [0.5, 0.6) is 5.75 Å². The largest absolute Gasteiger partial charge is 0.489 e. The highest BCUT2D eigenvalue weighted by atomic mass is 16.5. The molecule has 0 unspecified atom stereocenters. The minimum Gasteiger partial charge on any atom is -0.489 e. The van der Waals surface area contributed by atoms with Gasteiger partial charge in [-0.05, 0) is 44.5 Å². The van der Waals surface area contributed by atoms with Crippen molar-refractivity contribution in [1.29, 1.82) is 0 Å². The number of fused-ring (bicyclic) bond motifs is 1. The molecule has 0 radical (unpaired) electrons. The highest BCUT2D eigenvalue weighted by molar-refractivity contribution is 6.16.